The quantitative estimate of drug-likeness (QED) is 0.310. The van der Waals surface area contributed by atoms with Crippen LogP contribution in [0.2, 0.25) is 0 Å². The Labute approximate surface area is 210 Å². The van der Waals surface area contributed by atoms with Crippen LogP contribution in [-0.2, 0) is 0 Å². The van der Waals surface area contributed by atoms with Crippen LogP contribution in [0.1, 0.15) is 28.8 Å². The Hall–Kier alpha value is -3.23. The van der Waals surface area contributed by atoms with Gasteiger partial charge in [-0.25, -0.2) is 4.68 Å². The monoisotopic (exact) mass is 532 g/mol. The first kappa shape index (κ1) is 21.3. The van der Waals surface area contributed by atoms with Crippen LogP contribution >= 0.6 is 27.7 Å². The Kier molecular flexibility index (Phi) is 5.34. The average Bonchev–Trinajstić information content (AvgIpc) is 3.30. The molecule has 6 rings (SSSR count). The van der Waals surface area contributed by atoms with Crippen molar-refractivity contribution < 1.29 is 9.47 Å². The van der Waals surface area contributed by atoms with E-state index in [-0.39, 0.29) is 12.1 Å². The van der Waals surface area contributed by atoms with E-state index >= 15 is 0 Å². The maximum Gasteiger partial charge on any atom is 0.227 e. The molecule has 0 bridgehead atoms. The van der Waals surface area contributed by atoms with Gasteiger partial charge in [0.25, 0.3) is 0 Å². The maximum absolute atomic E-state index is 6.68. The number of halogens is 1. The molecule has 2 aliphatic heterocycles. The van der Waals surface area contributed by atoms with Crippen LogP contribution < -0.4 is 14.8 Å². The number of para-hydroxylation sites is 1. The Morgan fingerprint density at radius 2 is 1.85 bits per heavy atom. The van der Waals surface area contributed by atoms with Crippen molar-refractivity contribution in [1.29, 1.82) is 0 Å². The van der Waals surface area contributed by atoms with E-state index in [9.17, 15) is 0 Å². The van der Waals surface area contributed by atoms with Gasteiger partial charge in [0.1, 0.15) is 23.6 Å². The molecular formula is C26H21BrN4O2S. The van der Waals surface area contributed by atoms with Gasteiger partial charge in [0.2, 0.25) is 11.1 Å². The van der Waals surface area contributed by atoms with Gasteiger partial charge in [0, 0.05) is 15.6 Å². The number of anilines is 1. The van der Waals surface area contributed by atoms with Crippen molar-refractivity contribution in [3.05, 3.63) is 99.5 Å². The molecule has 0 amide bonds. The van der Waals surface area contributed by atoms with Gasteiger partial charge in [-0.1, -0.05) is 64.1 Å². The first-order chi connectivity index (χ1) is 16.7. The number of rotatable bonds is 4. The fourth-order valence-electron chi connectivity index (χ4n) is 4.60. The summed E-state index contributed by atoms with van der Waals surface area (Å²) in [5.41, 5.74) is 5.26. The standard InChI is InChI=1S/C26H21BrN4O2S/c1-32-18-12-10-15(11-13-18)23-21-22(28-25-29-26(34-2)30-31(23)25)19-8-3-4-9-20(19)33-24(21)16-6-5-7-17(27)14-16/h3-14,23-24H,1-2H3,(H,28,29,30)/t23-,24+/m1/s1. The first-order valence-electron chi connectivity index (χ1n) is 10.8. The molecule has 3 heterocycles. The predicted molar refractivity (Wildman–Crippen MR) is 137 cm³/mol. The van der Waals surface area contributed by atoms with Gasteiger partial charge in [0.05, 0.1) is 12.8 Å². The zero-order valence-corrected chi connectivity index (χ0v) is 20.9. The Bertz CT molecular complexity index is 1420. The third-order valence-corrected chi connectivity index (χ3v) is 7.16. The van der Waals surface area contributed by atoms with E-state index in [0.717, 1.165) is 43.9 Å². The molecule has 0 saturated heterocycles. The van der Waals surface area contributed by atoms with Crippen LogP contribution in [0.15, 0.2) is 88.0 Å². The molecule has 2 atom stereocenters. The Morgan fingerprint density at radius 1 is 1.03 bits per heavy atom. The number of nitrogens with zero attached hydrogens (tertiary/aromatic N) is 3. The fourth-order valence-corrected chi connectivity index (χ4v) is 5.36. The van der Waals surface area contributed by atoms with Crippen LogP contribution in [0, 0.1) is 0 Å². The summed E-state index contributed by atoms with van der Waals surface area (Å²) in [4.78, 5) is 4.75. The smallest absolute Gasteiger partial charge is 0.227 e. The third-order valence-electron chi connectivity index (χ3n) is 6.13. The van der Waals surface area contributed by atoms with Crippen LogP contribution in [0.25, 0.3) is 5.70 Å². The van der Waals surface area contributed by atoms with Gasteiger partial charge >= 0.3 is 0 Å². The number of aromatic nitrogens is 3. The van der Waals surface area contributed by atoms with Gasteiger partial charge in [-0.3, -0.25) is 0 Å². The average molecular weight is 533 g/mol. The number of nitrogens with one attached hydrogen (secondary N) is 1. The van der Waals surface area contributed by atoms with Crippen molar-refractivity contribution in [3.63, 3.8) is 0 Å². The molecule has 0 spiro atoms. The highest BCUT2D eigenvalue weighted by atomic mass is 79.9. The molecule has 2 aliphatic rings. The topological polar surface area (TPSA) is 61.2 Å². The SMILES string of the molecule is COc1ccc([C@@H]2C3=C(Nc4nc(SC)nn42)c2ccccc2O[C@H]3c2cccc(Br)c2)cc1. The second kappa shape index (κ2) is 8.52. The summed E-state index contributed by atoms with van der Waals surface area (Å²) in [7, 11) is 1.68. The lowest BCUT2D eigenvalue weighted by Crippen LogP contribution is -2.32. The summed E-state index contributed by atoms with van der Waals surface area (Å²) in [6.07, 6.45) is 1.68. The van der Waals surface area contributed by atoms with Gasteiger partial charge in [-0.2, -0.15) is 4.98 Å². The molecule has 0 aliphatic carbocycles. The summed E-state index contributed by atoms with van der Waals surface area (Å²) in [5, 5.41) is 9.14. The summed E-state index contributed by atoms with van der Waals surface area (Å²) in [5.74, 6) is 2.36. The van der Waals surface area contributed by atoms with Crippen molar-refractivity contribution in [1.82, 2.24) is 14.8 Å². The minimum Gasteiger partial charge on any atom is -0.497 e. The Balaban J connectivity index is 1.62. The second-order valence-corrected chi connectivity index (χ2v) is 9.74. The molecule has 170 valence electrons. The molecule has 1 aromatic heterocycles. The van der Waals surface area contributed by atoms with Gasteiger partial charge in [-0.15, -0.1) is 5.10 Å². The lowest BCUT2D eigenvalue weighted by molar-refractivity contribution is 0.223. The summed E-state index contributed by atoms with van der Waals surface area (Å²) in [6, 6.07) is 24.3. The normalized spacial score (nSPS) is 18.3. The number of hydrogen-bond donors (Lipinski definition) is 1. The van der Waals surface area contributed by atoms with Crippen molar-refractivity contribution in [3.8, 4) is 11.5 Å². The molecule has 0 unspecified atom stereocenters. The molecule has 3 aromatic carbocycles. The predicted octanol–water partition coefficient (Wildman–Crippen LogP) is 6.33. The maximum atomic E-state index is 6.68. The molecular weight excluding hydrogens is 512 g/mol. The van der Waals surface area contributed by atoms with Gasteiger partial charge in [-0.05, 0) is 53.8 Å². The first-order valence-corrected chi connectivity index (χ1v) is 12.8. The van der Waals surface area contributed by atoms with Crippen molar-refractivity contribution in [2.45, 2.75) is 17.3 Å². The van der Waals surface area contributed by atoms with E-state index in [2.05, 4.69) is 51.6 Å². The molecule has 0 fully saturated rings. The van der Waals surface area contributed by atoms with Crippen molar-refractivity contribution >= 4 is 39.3 Å². The number of benzene rings is 3. The van der Waals surface area contributed by atoms with Crippen molar-refractivity contribution in [2.75, 3.05) is 18.7 Å². The molecule has 4 aromatic rings. The molecule has 1 N–H and O–H groups in total. The van der Waals surface area contributed by atoms with E-state index < -0.39 is 0 Å². The molecule has 0 radical (unpaired) electrons. The highest BCUT2D eigenvalue weighted by Crippen LogP contribution is 2.51. The Morgan fingerprint density at radius 3 is 2.62 bits per heavy atom. The minimum absolute atomic E-state index is 0.206. The van der Waals surface area contributed by atoms with Crippen molar-refractivity contribution in [2.24, 2.45) is 0 Å². The van der Waals surface area contributed by atoms with Crippen LogP contribution in [0.4, 0.5) is 5.95 Å². The van der Waals surface area contributed by atoms with Gasteiger partial charge < -0.3 is 14.8 Å². The van der Waals surface area contributed by atoms with Crippen LogP contribution in [-0.4, -0.2) is 28.1 Å². The lowest BCUT2D eigenvalue weighted by atomic mass is 9.84. The number of hydrogen-bond acceptors (Lipinski definition) is 6. The largest absolute Gasteiger partial charge is 0.497 e. The zero-order chi connectivity index (χ0) is 23.2. The number of fused-ring (bicyclic) bond motifs is 3. The summed E-state index contributed by atoms with van der Waals surface area (Å²) in [6.45, 7) is 0. The highest BCUT2D eigenvalue weighted by molar-refractivity contribution is 9.10. The van der Waals surface area contributed by atoms with E-state index in [1.807, 2.05) is 53.4 Å². The fraction of sp³-hybridized carbons (Fsp3) is 0.154. The van der Waals surface area contributed by atoms with Gasteiger partial charge in [0.15, 0.2) is 0 Å². The summed E-state index contributed by atoms with van der Waals surface area (Å²) < 4.78 is 15.1. The molecule has 34 heavy (non-hydrogen) atoms. The van der Waals surface area contributed by atoms with E-state index in [1.165, 1.54) is 11.8 Å². The molecule has 0 saturated carbocycles. The minimum atomic E-state index is -0.308. The number of ether oxygens (including phenoxy) is 2. The molecule has 8 heteroatoms. The summed E-state index contributed by atoms with van der Waals surface area (Å²) >= 11 is 5.16. The van der Waals surface area contributed by atoms with E-state index in [1.54, 1.807) is 7.11 Å². The number of thioether (sulfide) groups is 1. The zero-order valence-electron chi connectivity index (χ0n) is 18.5. The third kappa shape index (κ3) is 3.49. The van der Waals surface area contributed by atoms with Crippen LogP contribution in [0.5, 0.6) is 11.5 Å². The second-order valence-electron chi connectivity index (χ2n) is 8.05. The lowest BCUT2D eigenvalue weighted by Gasteiger charge is -2.39. The van der Waals surface area contributed by atoms with E-state index in [4.69, 9.17) is 19.6 Å². The molecule has 6 nitrogen and oxygen atoms in total. The van der Waals surface area contributed by atoms with E-state index in [0.29, 0.717) is 11.1 Å². The van der Waals surface area contributed by atoms with Crippen LogP contribution in [0.3, 0.4) is 0 Å². The highest BCUT2D eigenvalue weighted by Gasteiger charge is 2.41. The number of methoxy groups -OCH3 is 1.